The highest BCUT2D eigenvalue weighted by molar-refractivity contribution is 5.85. The molecule has 0 radical (unpaired) electrons. The van der Waals surface area contributed by atoms with Gasteiger partial charge >= 0.3 is 0 Å². The van der Waals surface area contributed by atoms with Crippen LogP contribution in [0.1, 0.15) is 18.1 Å². The molecule has 2 rings (SSSR count). The summed E-state index contributed by atoms with van der Waals surface area (Å²) in [7, 11) is 1.97. The number of amidine groups is 1. The number of aliphatic imine (C=N–C) groups is 1. The maximum atomic E-state index is 4.47. The minimum absolute atomic E-state index is 0.493. The first-order valence-electron chi connectivity index (χ1n) is 6.30. The Balaban J connectivity index is 1.93. The molecule has 0 saturated carbocycles. The minimum atomic E-state index is 0.493. The molecular formula is C14H21N3. The van der Waals surface area contributed by atoms with Gasteiger partial charge in [-0.25, -0.2) is 0 Å². The third-order valence-electron chi connectivity index (χ3n) is 3.11. The van der Waals surface area contributed by atoms with Crippen LogP contribution in [0.15, 0.2) is 29.3 Å². The van der Waals surface area contributed by atoms with Crippen LogP contribution in [0, 0.1) is 5.92 Å². The lowest BCUT2D eigenvalue weighted by atomic mass is 9.99. The normalized spacial score (nSPS) is 16.5. The van der Waals surface area contributed by atoms with Gasteiger partial charge in [-0.2, -0.15) is 0 Å². The smallest absolute Gasteiger partial charge is 0.0996 e. The molecule has 2 N–H and O–H groups in total. The number of benzene rings is 1. The fourth-order valence-corrected chi connectivity index (χ4v) is 2.19. The van der Waals surface area contributed by atoms with Gasteiger partial charge in [-0.3, -0.25) is 4.99 Å². The van der Waals surface area contributed by atoms with E-state index in [4.69, 9.17) is 0 Å². The maximum Gasteiger partial charge on any atom is 0.0996 e. The number of hydrogen-bond acceptors (Lipinski definition) is 3. The van der Waals surface area contributed by atoms with E-state index in [9.17, 15) is 0 Å². The van der Waals surface area contributed by atoms with Crippen molar-refractivity contribution < 1.29 is 0 Å². The maximum absolute atomic E-state index is 4.47. The molecule has 1 heterocycles. The predicted molar refractivity (Wildman–Crippen MR) is 72.4 cm³/mol. The van der Waals surface area contributed by atoms with Crippen LogP contribution < -0.4 is 10.6 Å². The Labute approximate surface area is 103 Å². The van der Waals surface area contributed by atoms with Crippen molar-refractivity contribution in [1.29, 1.82) is 0 Å². The van der Waals surface area contributed by atoms with Gasteiger partial charge in [0, 0.05) is 19.0 Å². The van der Waals surface area contributed by atoms with Crippen LogP contribution >= 0.6 is 0 Å². The second-order valence-corrected chi connectivity index (χ2v) is 4.65. The molecule has 1 aromatic rings. The molecule has 0 bridgehead atoms. The van der Waals surface area contributed by atoms with Crippen LogP contribution in [0.4, 0.5) is 0 Å². The highest BCUT2D eigenvalue weighted by Crippen LogP contribution is 2.12. The van der Waals surface area contributed by atoms with Crippen molar-refractivity contribution in [3.8, 4) is 0 Å². The molecular weight excluding hydrogens is 210 g/mol. The third kappa shape index (κ3) is 3.30. The third-order valence-corrected chi connectivity index (χ3v) is 3.11. The molecule has 3 heteroatoms. The summed E-state index contributed by atoms with van der Waals surface area (Å²) in [5.41, 5.74) is 2.72. The minimum Gasteiger partial charge on any atom is -0.372 e. The first kappa shape index (κ1) is 12.1. The van der Waals surface area contributed by atoms with Crippen LogP contribution in [0.3, 0.4) is 0 Å². The second kappa shape index (κ2) is 5.82. The van der Waals surface area contributed by atoms with E-state index in [1.807, 2.05) is 7.05 Å². The molecule has 17 heavy (non-hydrogen) atoms. The largest absolute Gasteiger partial charge is 0.372 e. The quantitative estimate of drug-likeness (QED) is 0.807. The molecule has 1 aromatic carbocycles. The van der Waals surface area contributed by atoms with Crippen molar-refractivity contribution in [3.63, 3.8) is 0 Å². The summed E-state index contributed by atoms with van der Waals surface area (Å²) in [5.74, 6) is 1.66. The molecule has 1 atom stereocenters. The topological polar surface area (TPSA) is 36.4 Å². The first-order chi connectivity index (χ1) is 8.29. The molecule has 0 spiro atoms. The summed E-state index contributed by atoms with van der Waals surface area (Å²) in [6.45, 7) is 5.10. The average molecular weight is 231 g/mol. The molecule has 0 aliphatic carbocycles. The van der Waals surface area contributed by atoms with Gasteiger partial charge < -0.3 is 10.6 Å². The molecule has 3 nitrogen and oxygen atoms in total. The van der Waals surface area contributed by atoms with Gasteiger partial charge in [0.1, 0.15) is 0 Å². The van der Waals surface area contributed by atoms with E-state index >= 15 is 0 Å². The average Bonchev–Trinajstić information content (AvgIpc) is 2.86. The lowest BCUT2D eigenvalue weighted by Gasteiger charge is -2.12. The standard InChI is InChI=1S/C14H21N3/c1-11(14-16-7-8-17-14)9-12-3-5-13(6-4-12)10-15-2/h3-6,11,15H,7-10H2,1-2H3,(H,16,17). The fourth-order valence-electron chi connectivity index (χ4n) is 2.19. The van der Waals surface area contributed by atoms with E-state index in [2.05, 4.69) is 46.8 Å². The molecule has 1 unspecified atom stereocenters. The zero-order valence-corrected chi connectivity index (χ0v) is 10.7. The highest BCUT2D eigenvalue weighted by atomic mass is 15.1. The molecule has 0 amide bonds. The van der Waals surface area contributed by atoms with E-state index in [-0.39, 0.29) is 0 Å². The number of hydrogen-bond donors (Lipinski definition) is 2. The number of nitrogens with zero attached hydrogens (tertiary/aromatic N) is 1. The highest BCUT2D eigenvalue weighted by Gasteiger charge is 2.13. The molecule has 0 aromatic heterocycles. The zero-order chi connectivity index (χ0) is 12.1. The lowest BCUT2D eigenvalue weighted by molar-refractivity contribution is 0.741. The monoisotopic (exact) mass is 231 g/mol. The Hall–Kier alpha value is -1.35. The molecule has 1 aliphatic rings. The van der Waals surface area contributed by atoms with Crippen LogP contribution in [-0.4, -0.2) is 26.0 Å². The predicted octanol–water partition coefficient (Wildman–Crippen LogP) is 1.59. The first-order valence-corrected chi connectivity index (χ1v) is 6.30. The van der Waals surface area contributed by atoms with Gasteiger partial charge in [0.2, 0.25) is 0 Å². The lowest BCUT2D eigenvalue weighted by Crippen LogP contribution is -2.26. The van der Waals surface area contributed by atoms with E-state index in [1.54, 1.807) is 0 Å². The van der Waals surface area contributed by atoms with E-state index in [1.165, 1.54) is 17.0 Å². The van der Waals surface area contributed by atoms with Gasteiger partial charge in [-0.05, 0) is 24.6 Å². The Morgan fingerprint density at radius 1 is 1.29 bits per heavy atom. The van der Waals surface area contributed by atoms with Crippen molar-refractivity contribution in [2.45, 2.75) is 19.9 Å². The summed E-state index contributed by atoms with van der Waals surface area (Å²) in [4.78, 5) is 4.47. The van der Waals surface area contributed by atoms with Gasteiger partial charge in [-0.1, -0.05) is 31.2 Å². The van der Waals surface area contributed by atoms with Gasteiger partial charge in [0.25, 0.3) is 0 Å². The van der Waals surface area contributed by atoms with Crippen LogP contribution in [0.2, 0.25) is 0 Å². The van der Waals surface area contributed by atoms with E-state index in [0.29, 0.717) is 5.92 Å². The van der Waals surface area contributed by atoms with Crippen molar-refractivity contribution in [1.82, 2.24) is 10.6 Å². The molecule has 0 saturated heterocycles. The van der Waals surface area contributed by atoms with Gasteiger partial charge in [0.05, 0.1) is 12.4 Å². The second-order valence-electron chi connectivity index (χ2n) is 4.65. The van der Waals surface area contributed by atoms with Crippen LogP contribution in [0.5, 0.6) is 0 Å². The number of nitrogens with one attached hydrogen (secondary N) is 2. The Kier molecular flexibility index (Phi) is 4.15. The van der Waals surface area contributed by atoms with E-state index < -0.39 is 0 Å². The molecule has 92 valence electrons. The fraction of sp³-hybridized carbons (Fsp3) is 0.500. The summed E-state index contributed by atoms with van der Waals surface area (Å²) >= 11 is 0. The summed E-state index contributed by atoms with van der Waals surface area (Å²) in [6.07, 6.45) is 1.06. The van der Waals surface area contributed by atoms with Gasteiger partial charge in [0.15, 0.2) is 0 Å². The van der Waals surface area contributed by atoms with Crippen molar-refractivity contribution in [3.05, 3.63) is 35.4 Å². The Morgan fingerprint density at radius 3 is 2.59 bits per heavy atom. The van der Waals surface area contributed by atoms with Crippen LogP contribution in [0.25, 0.3) is 0 Å². The van der Waals surface area contributed by atoms with Crippen LogP contribution in [-0.2, 0) is 13.0 Å². The molecule has 0 fully saturated rings. The summed E-state index contributed by atoms with van der Waals surface area (Å²) in [5, 5.41) is 6.51. The van der Waals surface area contributed by atoms with Crippen molar-refractivity contribution >= 4 is 5.84 Å². The Morgan fingerprint density at radius 2 is 2.00 bits per heavy atom. The number of rotatable bonds is 5. The van der Waals surface area contributed by atoms with Gasteiger partial charge in [-0.15, -0.1) is 0 Å². The molecule has 1 aliphatic heterocycles. The summed E-state index contributed by atoms with van der Waals surface area (Å²) < 4.78 is 0. The van der Waals surface area contributed by atoms with E-state index in [0.717, 1.165) is 26.1 Å². The Bertz CT molecular complexity index is 381. The van der Waals surface area contributed by atoms with Crippen molar-refractivity contribution in [2.24, 2.45) is 10.9 Å². The zero-order valence-electron chi connectivity index (χ0n) is 10.7. The van der Waals surface area contributed by atoms with Crippen molar-refractivity contribution in [2.75, 3.05) is 20.1 Å². The summed E-state index contributed by atoms with van der Waals surface area (Å²) in [6, 6.07) is 8.84. The SMILES string of the molecule is CNCc1ccc(CC(C)C2=NCCN2)cc1.